The number of hydrogen-bond acceptors (Lipinski definition) is 5. The van der Waals surface area contributed by atoms with E-state index in [0.717, 1.165) is 95.9 Å². The highest BCUT2D eigenvalue weighted by atomic mass is 16.3. The second kappa shape index (κ2) is 13.3. The number of rotatable bonds is 6. The Kier molecular flexibility index (Phi) is 7.69. The lowest BCUT2D eigenvalue weighted by Gasteiger charge is -2.20. The Labute approximate surface area is 323 Å². The summed E-state index contributed by atoms with van der Waals surface area (Å²) in [6, 6.07) is 46.7. The first-order valence-electron chi connectivity index (χ1n) is 19.2. The number of benzene rings is 6. The summed E-state index contributed by atoms with van der Waals surface area (Å²) in [6.07, 6.45) is 16.7. The van der Waals surface area contributed by atoms with Crippen molar-refractivity contribution < 1.29 is 8.83 Å². The molecule has 5 nitrogen and oxygen atoms in total. The Hall–Kier alpha value is -7.11. The maximum atomic E-state index is 6.59. The molecule has 6 aromatic carbocycles. The van der Waals surface area contributed by atoms with Crippen molar-refractivity contribution in [3.63, 3.8) is 0 Å². The van der Waals surface area contributed by atoms with E-state index in [-0.39, 0.29) is 11.8 Å². The number of furan rings is 2. The molecule has 2 aliphatic carbocycles. The van der Waals surface area contributed by atoms with Crippen LogP contribution >= 0.6 is 0 Å². The van der Waals surface area contributed by atoms with Crippen molar-refractivity contribution in [2.45, 2.75) is 24.7 Å². The van der Waals surface area contributed by atoms with Gasteiger partial charge in [0.1, 0.15) is 28.2 Å². The highest BCUT2D eigenvalue weighted by Crippen LogP contribution is 2.40. The third-order valence-corrected chi connectivity index (χ3v) is 11.2. The first-order chi connectivity index (χ1) is 27.7. The third-order valence-electron chi connectivity index (χ3n) is 11.2. The van der Waals surface area contributed by atoms with E-state index in [9.17, 15) is 0 Å². The monoisotopic (exact) mass is 721 g/mol. The molecule has 0 fully saturated rings. The SMILES string of the molecule is C1=CCC(c2nc(C3=CC=CC(c4cccc(-c5ccc6c(c5)oc5c(-c7ccccc7)cccc56)c4)C3)nc(-c3ccc4c(c3)oc3ccccc34)n2)C=C1. The predicted octanol–water partition coefficient (Wildman–Crippen LogP) is 13.4. The average molecular weight is 722 g/mol. The van der Waals surface area contributed by atoms with Gasteiger partial charge in [-0.25, -0.2) is 15.0 Å². The fourth-order valence-corrected chi connectivity index (χ4v) is 8.31. The Morgan fingerprint density at radius 1 is 0.482 bits per heavy atom. The molecule has 0 radical (unpaired) electrons. The topological polar surface area (TPSA) is 65.0 Å². The number of fused-ring (bicyclic) bond motifs is 6. The number of hydrogen-bond donors (Lipinski definition) is 0. The zero-order valence-electron chi connectivity index (χ0n) is 30.5. The molecule has 9 aromatic rings. The van der Waals surface area contributed by atoms with Crippen LogP contribution in [0.4, 0.5) is 0 Å². The van der Waals surface area contributed by atoms with Crippen molar-refractivity contribution in [3.05, 3.63) is 193 Å². The minimum atomic E-state index is 0.0802. The molecular formula is C51H35N3O2. The van der Waals surface area contributed by atoms with Gasteiger partial charge in [0.15, 0.2) is 11.6 Å². The molecule has 2 atom stereocenters. The van der Waals surface area contributed by atoms with Crippen molar-refractivity contribution in [2.75, 3.05) is 0 Å². The van der Waals surface area contributed by atoms with Gasteiger partial charge in [0, 0.05) is 44.5 Å². The van der Waals surface area contributed by atoms with E-state index < -0.39 is 0 Å². The van der Waals surface area contributed by atoms with Crippen molar-refractivity contribution in [1.29, 1.82) is 0 Å². The Morgan fingerprint density at radius 3 is 2.11 bits per heavy atom. The van der Waals surface area contributed by atoms with Gasteiger partial charge in [-0.1, -0.05) is 146 Å². The first-order valence-corrected chi connectivity index (χ1v) is 19.2. The van der Waals surface area contributed by atoms with Crippen molar-refractivity contribution in [3.8, 4) is 33.6 Å². The normalized spacial score (nSPS) is 16.7. The van der Waals surface area contributed by atoms with E-state index in [1.807, 2.05) is 24.3 Å². The van der Waals surface area contributed by atoms with Gasteiger partial charge in [-0.15, -0.1) is 0 Å². The maximum Gasteiger partial charge on any atom is 0.163 e. The molecule has 0 saturated carbocycles. The molecule has 0 amide bonds. The van der Waals surface area contributed by atoms with Crippen LogP contribution < -0.4 is 0 Å². The highest BCUT2D eigenvalue weighted by molar-refractivity contribution is 6.10. The van der Waals surface area contributed by atoms with E-state index in [1.54, 1.807) is 0 Å². The Balaban J connectivity index is 0.921. The highest BCUT2D eigenvalue weighted by Gasteiger charge is 2.22. The number of nitrogens with zero attached hydrogens (tertiary/aromatic N) is 3. The molecule has 3 aromatic heterocycles. The van der Waals surface area contributed by atoms with Gasteiger partial charge >= 0.3 is 0 Å². The van der Waals surface area contributed by atoms with Crippen LogP contribution in [0.15, 0.2) is 185 Å². The molecular weight excluding hydrogens is 687 g/mol. The van der Waals surface area contributed by atoms with Gasteiger partial charge < -0.3 is 8.83 Å². The summed E-state index contributed by atoms with van der Waals surface area (Å²) in [4.78, 5) is 15.3. The van der Waals surface area contributed by atoms with Crippen LogP contribution in [0.25, 0.3) is 83.1 Å². The molecule has 0 spiro atoms. The lowest BCUT2D eigenvalue weighted by atomic mass is 9.86. The van der Waals surface area contributed by atoms with Crippen LogP contribution in [0.5, 0.6) is 0 Å². The molecule has 2 unspecified atom stereocenters. The summed E-state index contributed by atoms with van der Waals surface area (Å²) in [6.45, 7) is 0. The minimum absolute atomic E-state index is 0.0802. The molecule has 0 aliphatic heterocycles. The second-order valence-electron chi connectivity index (χ2n) is 14.7. The number of aromatic nitrogens is 3. The van der Waals surface area contributed by atoms with Crippen LogP contribution in [0.2, 0.25) is 0 Å². The quantitative estimate of drug-likeness (QED) is 0.171. The van der Waals surface area contributed by atoms with Crippen molar-refractivity contribution in [2.24, 2.45) is 0 Å². The molecule has 3 heterocycles. The van der Waals surface area contributed by atoms with E-state index in [1.165, 1.54) is 5.56 Å². The largest absolute Gasteiger partial charge is 0.456 e. The fraction of sp³-hybridized carbons (Fsp3) is 0.0784. The van der Waals surface area contributed by atoms with Gasteiger partial charge in [0.05, 0.1) is 0 Å². The van der Waals surface area contributed by atoms with E-state index in [0.29, 0.717) is 11.6 Å². The lowest BCUT2D eigenvalue weighted by molar-refractivity contribution is 0.669. The zero-order valence-corrected chi connectivity index (χ0v) is 30.5. The van der Waals surface area contributed by atoms with Crippen molar-refractivity contribution >= 4 is 49.5 Å². The average Bonchev–Trinajstić information content (AvgIpc) is 3.85. The minimum Gasteiger partial charge on any atom is -0.456 e. The first kappa shape index (κ1) is 32.3. The number of allylic oxidation sites excluding steroid dienone is 8. The maximum absolute atomic E-state index is 6.59. The zero-order chi connectivity index (χ0) is 37.0. The molecule has 0 N–H and O–H groups in total. The summed E-state index contributed by atoms with van der Waals surface area (Å²) < 4.78 is 12.8. The predicted molar refractivity (Wildman–Crippen MR) is 227 cm³/mol. The van der Waals surface area contributed by atoms with Gasteiger partial charge in [-0.05, 0) is 71.0 Å². The second-order valence-corrected chi connectivity index (χ2v) is 14.7. The van der Waals surface area contributed by atoms with E-state index in [4.69, 9.17) is 23.8 Å². The van der Waals surface area contributed by atoms with Crippen LogP contribution in [0.3, 0.4) is 0 Å². The van der Waals surface area contributed by atoms with Crippen LogP contribution in [-0.2, 0) is 0 Å². The van der Waals surface area contributed by atoms with E-state index in [2.05, 4.69) is 152 Å². The number of para-hydroxylation sites is 2. The molecule has 2 aliphatic rings. The van der Waals surface area contributed by atoms with Gasteiger partial charge in [0.2, 0.25) is 0 Å². The summed E-state index contributed by atoms with van der Waals surface area (Å²) >= 11 is 0. The molecule has 56 heavy (non-hydrogen) atoms. The Bertz CT molecular complexity index is 3110. The molecule has 0 bridgehead atoms. The third kappa shape index (κ3) is 5.68. The van der Waals surface area contributed by atoms with Crippen molar-refractivity contribution in [1.82, 2.24) is 15.0 Å². The smallest absolute Gasteiger partial charge is 0.163 e. The summed E-state index contributed by atoms with van der Waals surface area (Å²) in [5.41, 5.74) is 11.3. The summed E-state index contributed by atoms with van der Waals surface area (Å²) in [7, 11) is 0. The fourth-order valence-electron chi connectivity index (χ4n) is 8.31. The molecule has 5 heteroatoms. The summed E-state index contributed by atoms with van der Waals surface area (Å²) in [5.74, 6) is 2.39. The van der Waals surface area contributed by atoms with Crippen LogP contribution in [0, 0.1) is 0 Å². The molecule has 0 saturated heterocycles. The lowest BCUT2D eigenvalue weighted by Crippen LogP contribution is -2.11. The van der Waals surface area contributed by atoms with Gasteiger partial charge in [0.25, 0.3) is 0 Å². The summed E-state index contributed by atoms with van der Waals surface area (Å²) in [5, 5.41) is 4.44. The van der Waals surface area contributed by atoms with Gasteiger partial charge in [-0.3, -0.25) is 0 Å². The van der Waals surface area contributed by atoms with Gasteiger partial charge in [-0.2, -0.15) is 0 Å². The van der Waals surface area contributed by atoms with Crippen LogP contribution in [0.1, 0.15) is 41.9 Å². The van der Waals surface area contributed by atoms with E-state index >= 15 is 0 Å². The van der Waals surface area contributed by atoms with Crippen LogP contribution in [-0.4, -0.2) is 15.0 Å². The standard InChI is InChI=1S/C51H35N3O2/c1-3-12-32(13-4-1)40-21-11-22-44-43-26-24-37(30-47(43)56-48(40)44)35-17-9-16-34(28-35)36-18-10-19-38(29-36)50-52-49(33-14-5-2-6-15-33)53-51(54-50)39-25-27-42-41-20-7-8-23-45(41)55-46(42)31-39/h1-14,16-28,30-31,33,36H,15,29H2. The molecule has 266 valence electrons. The molecule has 11 rings (SSSR count). The Morgan fingerprint density at radius 2 is 1.20 bits per heavy atom.